The third kappa shape index (κ3) is 2.69. The van der Waals surface area contributed by atoms with Gasteiger partial charge in [0.2, 0.25) is 0 Å². The van der Waals surface area contributed by atoms with Crippen molar-refractivity contribution in [3.8, 4) is 17.2 Å². The van der Waals surface area contributed by atoms with Gasteiger partial charge >= 0.3 is 6.18 Å². The van der Waals surface area contributed by atoms with Crippen LogP contribution in [0.1, 0.15) is 11.1 Å². The van der Waals surface area contributed by atoms with Crippen LogP contribution in [0, 0.1) is 11.3 Å². The van der Waals surface area contributed by atoms with Gasteiger partial charge in [0.05, 0.1) is 11.1 Å². The first-order valence-electron chi connectivity index (χ1n) is 6.78. The number of aromatic nitrogens is 1. The highest BCUT2D eigenvalue weighted by Crippen LogP contribution is 2.40. The Hall–Kier alpha value is -2.59. The molecular weight excluding hydrogens is 383 g/mol. The second-order valence-electron chi connectivity index (χ2n) is 5.07. The first kappa shape index (κ1) is 16.3. The van der Waals surface area contributed by atoms with E-state index in [1.54, 1.807) is 24.3 Å². The molecule has 7 heteroatoms. The highest BCUT2D eigenvalue weighted by atomic mass is 79.9. The summed E-state index contributed by atoms with van der Waals surface area (Å²) >= 11 is 3.32. The molecule has 0 bridgehead atoms. The lowest BCUT2D eigenvalue weighted by molar-refractivity contribution is -0.136. The highest BCUT2D eigenvalue weighted by Gasteiger charge is 2.34. The van der Waals surface area contributed by atoms with Gasteiger partial charge in [-0.05, 0) is 23.8 Å². The largest absolute Gasteiger partial charge is 0.418 e. The number of benzene rings is 2. The standard InChI is InChI=1S/C17H9BrF3N3/c18-10-4-1-3-9(7-10)14-11-5-2-6-13(17(19,20)21)15(11)24-16(23)12(14)8-22/h1-7H,(H2,23,24). The van der Waals surface area contributed by atoms with Crippen LogP contribution in [0.5, 0.6) is 0 Å². The van der Waals surface area contributed by atoms with Crippen LogP contribution < -0.4 is 5.73 Å². The van der Waals surface area contributed by atoms with Crippen molar-refractivity contribution in [2.24, 2.45) is 0 Å². The second kappa shape index (κ2) is 5.80. The zero-order valence-electron chi connectivity index (χ0n) is 12.0. The monoisotopic (exact) mass is 391 g/mol. The maximum absolute atomic E-state index is 13.3. The maximum atomic E-state index is 13.3. The quantitative estimate of drug-likeness (QED) is 0.624. The lowest BCUT2D eigenvalue weighted by Gasteiger charge is -2.15. The molecule has 0 aliphatic rings. The van der Waals surface area contributed by atoms with Crippen LogP contribution in [0.2, 0.25) is 0 Å². The van der Waals surface area contributed by atoms with Gasteiger partial charge in [0, 0.05) is 15.4 Å². The van der Waals surface area contributed by atoms with Crippen LogP contribution in [-0.2, 0) is 6.18 Å². The fourth-order valence-electron chi connectivity index (χ4n) is 2.59. The van der Waals surface area contributed by atoms with E-state index < -0.39 is 11.7 Å². The van der Waals surface area contributed by atoms with Crippen LogP contribution in [0.4, 0.5) is 19.0 Å². The van der Waals surface area contributed by atoms with Gasteiger partial charge in [0.25, 0.3) is 0 Å². The Morgan fingerprint density at radius 1 is 1.12 bits per heavy atom. The Bertz CT molecular complexity index is 991. The molecule has 0 unspecified atom stereocenters. The molecule has 3 rings (SSSR count). The second-order valence-corrected chi connectivity index (χ2v) is 5.98. The van der Waals surface area contributed by atoms with E-state index in [0.717, 1.165) is 10.5 Å². The number of hydrogen-bond donors (Lipinski definition) is 1. The van der Waals surface area contributed by atoms with E-state index in [9.17, 15) is 18.4 Å². The number of pyridine rings is 1. The molecule has 0 atom stereocenters. The van der Waals surface area contributed by atoms with Crippen LogP contribution in [0.25, 0.3) is 22.0 Å². The maximum Gasteiger partial charge on any atom is 0.418 e. The number of nitrogens with zero attached hydrogens (tertiary/aromatic N) is 2. The van der Waals surface area contributed by atoms with E-state index in [0.29, 0.717) is 11.1 Å². The van der Waals surface area contributed by atoms with Crippen molar-refractivity contribution in [2.45, 2.75) is 6.18 Å². The van der Waals surface area contributed by atoms with Crippen molar-refractivity contribution < 1.29 is 13.2 Å². The van der Waals surface area contributed by atoms with Gasteiger partial charge in [-0.1, -0.05) is 40.2 Å². The van der Waals surface area contributed by atoms with Gasteiger partial charge < -0.3 is 5.73 Å². The average molecular weight is 392 g/mol. The summed E-state index contributed by atoms with van der Waals surface area (Å²) in [6, 6.07) is 12.6. The Morgan fingerprint density at radius 2 is 1.83 bits per heavy atom. The summed E-state index contributed by atoms with van der Waals surface area (Å²) in [6.45, 7) is 0. The summed E-state index contributed by atoms with van der Waals surface area (Å²) < 4.78 is 40.6. The smallest absolute Gasteiger partial charge is 0.383 e. The van der Waals surface area contributed by atoms with Gasteiger partial charge in [0.15, 0.2) is 0 Å². The molecule has 0 amide bonds. The molecule has 2 aromatic carbocycles. The van der Waals surface area contributed by atoms with Gasteiger partial charge in [-0.2, -0.15) is 18.4 Å². The zero-order chi connectivity index (χ0) is 17.5. The Kier molecular flexibility index (Phi) is 3.93. The normalized spacial score (nSPS) is 11.5. The zero-order valence-corrected chi connectivity index (χ0v) is 13.6. The molecule has 0 saturated heterocycles. The fraction of sp³-hybridized carbons (Fsp3) is 0.0588. The van der Waals surface area contributed by atoms with Crippen LogP contribution in [0.15, 0.2) is 46.9 Å². The molecule has 0 aliphatic heterocycles. The lowest BCUT2D eigenvalue weighted by atomic mass is 9.94. The highest BCUT2D eigenvalue weighted by molar-refractivity contribution is 9.10. The van der Waals surface area contributed by atoms with Crippen molar-refractivity contribution in [1.29, 1.82) is 5.26 Å². The summed E-state index contributed by atoms with van der Waals surface area (Å²) in [5, 5.41) is 9.64. The molecular formula is C17H9BrF3N3. The Morgan fingerprint density at radius 3 is 2.46 bits per heavy atom. The number of para-hydroxylation sites is 1. The number of alkyl halides is 3. The predicted molar refractivity (Wildman–Crippen MR) is 89.0 cm³/mol. The molecule has 0 radical (unpaired) electrons. The van der Waals surface area contributed by atoms with Crippen LogP contribution >= 0.6 is 15.9 Å². The molecule has 1 heterocycles. The Balaban J connectivity index is 2.50. The molecule has 120 valence electrons. The number of fused-ring (bicyclic) bond motifs is 1. The van der Waals surface area contributed by atoms with Crippen molar-refractivity contribution >= 4 is 32.7 Å². The number of halogens is 4. The molecule has 3 aromatic rings. The summed E-state index contributed by atoms with van der Waals surface area (Å²) in [7, 11) is 0. The van der Waals surface area contributed by atoms with E-state index in [1.807, 2.05) is 6.07 Å². The number of nitrogen functional groups attached to an aromatic ring is 1. The minimum atomic E-state index is -4.57. The summed E-state index contributed by atoms with van der Waals surface area (Å²) in [6.07, 6.45) is -4.57. The van der Waals surface area contributed by atoms with E-state index >= 15 is 0 Å². The number of hydrogen-bond acceptors (Lipinski definition) is 3. The molecule has 3 nitrogen and oxygen atoms in total. The van der Waals surface area contributed by atoms with Crippen molar-refractivity contribution in [2.75, 3.05) is 5.73 Å². The van der Waals surface area contributed by atoms with Crippen molar-refractivity contribution in [3.63, 3.8) is 0 Å². The van der Waals surface area contributed by atoms with E-state index in [-0.39, 0.29) is 22.3 Å². The summed E-state index contributed by atoms with van der Waals surface area (Å²) in [5.41, 5.74) is 5.60. The molecule has 0 aliphatic carbocycles. The lowest BCUT2D eigenvalue weighted by Crippen LogP contribution is -2.08. The average Bonchev–Trinajstić information content (AvgIpc) is 2.52. The van der Waals surface area contributed by atoms with Gasteiger partial charge in [-0.25, -0.2) is 4.98 Å². The topological polar surface area (TPSA) is 62.7 Å². The third-order valence-electron chi connectivity index (χ3n) is 3.57. The molecule has 24 heavy (non-hydrogen) atoms. The summed E-state index contributed by atoms with van der Waals surface area (Å²) in [4.78, 5) is 3.84. The third-order valence-corrected chi connectivity index (χ3v) is 4.07. The number of nitriles is 1. The molecule has 0 spiro atoms. The van der Waals surface area contributed by atoms with Gasteiger partial charge in [0.1, 0.15) is 17.5 Å². The summed E-state index contributed by atoms with van der Waals surface area (Å²) in [5.74, 6) is -0.225. The molecule has 2 N–H and O–H groups in total. The predicted octanol–water partition coefficient (Wildman–Crippen LogP) is 5.14. The minimum absolute atomic E-state index is 0.0555. The number of rotatable bonds is 1. The van der Waals surface area contributed by atoms with E-state index in [2.05, 4.69) is 20.9 Å². The van der Waals surface area contributed by atoms with Crippen LogP contribution in [0.3, 0.4) is 0 Å². The SMILES string of the molecule is N#Cc1c(N)nc2c(C(F)(F)F)cccc2c1-c1cccc(Br)c1. The van der Waals surface area contributed by atoms with Crippen LogP contribution in [-0.4, -0.2) is 4.98 Å². The van der Waals surface area contributed by atoms with Gasteiger partial charge in [-0.15, -0.1) is 0 Å². The molecule has 1 aromatic heterocycles. The molecule has 0 fully saturated rings. The first-order chi connectivity index (χ1) is 11.3. The number of nitrogens with two attached hydrogens (primary N) is 1. The fourth-order valence-corrected chi connectivity index (χ4v) is 2.99. The molecule has 0 saturated carbocycles. The van der Waals surface area contributed by atoms with E-state index in [1.165, 1.54) is 12.1 Å². The van der Waals surface area contributed by atoms with Crippen molar-refractivity contribution in [3.05, 3.63) is 58.1 Å². The van der Waals surface area contributed by atoms with Gasteiger partial charge in [-0.3, -0.25) is 0 Å². The van der Waals surface area contributed by atoms with Crippen molar-refractivity contribution in [1.82, 2.24) is 4.98 Å². The minimum Gasteiger partial charge on any atom is -0.383 e. The Labute approximate surface area is 143 Å². The van der Waals surface area contributed by atoms with E-state index in [4.69, 9.17) is 5.73 Å². The number of anilines is 1. The first-order valence-corrected chi connectivity index (χ1v) is 7.57.